The maximum Gasteiger partial charge on any atom is 0.330 e. The zero-order valence-corrected chi connectivity index (χ0v) is 30.8. The second kappa shape index (κ2) is 16.9. The van der Waals surface area contributed by atoms with E-state index in [-0.39, 0.29) is 37.3 Å². The second-order valence-electron chi connectivity index (χ2n) is 14.7. The van der Waals surface area contributed by atoms with Gasteiger partial charge in [0.05, 0.1) is 23.5 Å². The first-order valence-corrected chi connectivity index (χ1v) is 17.9. The number of carbonyl (C=O) groups excluding carboxylic acids is 4. The average Bonchev–Trinajstić information content (AvgIpc) is 3.72. The standard InChI is InChI=1S/C34H46N8O9S/c1-18-15-42(32(49)38-28(18)46)25-13-20(40-41-35)23(51-25)16-50-31(48)34(5,6)14-24(43)36-21(12-19-10-8-7-9-11-19)26(44)27(45)30-37-22(17-52-30)29(47)39-33(2,3)4/h7-11,15,20-23,25-26,30,37,44H,12-14,16-17H2,1-6H3,(H,36,43)(H,39,47)(H,38,46,49)/t20-,21-,22-,23+,25+,26-,30?/m0/s1. The van der Waals surface area contributed by atoms with Crippen LogP contribution in [-0.4, -0.2) is 91.8 Å². The van der Waals surface area contributed by atoms with E-state index in [1.807, 2.05) is 26.8 Å². The molecule has 2 aliphatic rings. The summed E-state index contributed by atoms with van der Waals surface area (Å²) in [5, 5.41) is 22.7. The first-order chi connectivity index (χ1) is 24.4. The Hall–Kier alpha value is -4.48. The Kier molecular flexibility index (Phi) is 13.1. The summed E-state index contributed by atoms with van der Waals surface area (Å²) in [6.07, 6.45) is -2.33. The summed E-state index contributed by atoms with van der Waals surface area (Å²) in [4.78, 5) is 82.1. The topological polar surface area (TPSA) is 247 Å². The Balaban J connectivity index is 1.39. The summed E-state index contributed by atoms with van der Waals surface area (Å²) < 4.78 is 12.6. The number of amides is 2. The number of esters is 1. The highest BCUT2D eigenvalue weighted by Gasteiger charge is 2.42. The van der Waals surface area contributed by atoms with Crippen molar-refractivity contribution in [2.75, 3.05) is 12.4 Å². The molecule has 3 heterocycles. The lowest BCUT2D eigenvalue weighted by molar-refractivity contribution is -0.160. The van der Waals surface area contributed by atoms with Gasteiger partial charge in [0.25, 0.3) is 5.56 Å². The first-order valence-electron chi connectivity index (χ1n) is 16.8. The van der Waals surface area contributed by atoms with Crippen molar-refractivity contribution in [2.24, 2.45) is 10.5 Å². The minimum atomic E-state index is -1.64. The molecule has 1 aromatic heterocycles. The number of hydrogen-bond acceptors (Lipinski definition) is 12. The van der Waals surface area contributed by atoms with Crippen LogP contribution in [0.2, 0.25) is 0 Å². The van der Waals surface area contributed by atoms with Gasteiger partial charge in [-0.2, -0.15) is 0 Å². The van der Waals surface area contributed by atoms with Gasteiger partial charge in [-0.3, -0.25) is 38.8 Å². The number of ether oxygens (including phenoxy) is 2. The number of rotatable bonds is 14. The number of nitrogens with one attached hydrogen (secondary N) is 4. The normalized spacial score (nSPS) is 22.9. The van der Waals surface area contributed by atoms with Gasteiger partial charge in [-0.1, -0.05) is 35.4 Å². The predicted octanol–water partition coefficient (Wildman–Crippen LogP) is 1.37. The lowest BCUT2D eigenvalue weighted by atomic mass is 9.88. The van der Waals surface area contributed by atoms with E-state index in [1.54, 1.807) is 24.3 Å². The van der Waals surface area contributed by atoms with E-state index in [2.05, 4.69) is 31.0 Å². The van der Waals surface area contributed by atoms with Gasteiger partial charge in [0.15, 0.2) is 5.78 Å². The van der Waals surface area contributed by atoms with Crippen molar-refractivity contribution in [1.82, 2.24) is 25.5 Å². The number of thioether (sulfide) groups is 1. The van der Waals surface area contributed by atoms with E-state index < -0.39 is 81.8 Å². The van der Waals surface area contributed by atoms with Crippen LogP contribution in [0.3, 0.4) is 0 Å². The molecule has 4 rings (SSSR count). The van der Waals surface area contributed by atoms with Crippen molar-refractivity contribution in [3.8, 4) is 0 Å². The highest BCUT2D eigenvalue weighted by atomic mass is 32.2. The molecule has 2 aliphatic heterocycles. The Morgan fingerprint density at radius 1 is 1.17 bits per heavy atom. The van der Waals surface area contributed by atoms with Crippen LogP contribution < -0.4 is 27.2 Å². The molecular weight excluding hydrogens is 696 g/mol. The SMILES string of the molecule is Cc1cn([C@H]2C[C@H](N=[N+]=[N-])[C@@H](COC(=O)C(C)(C)CC(=O)N[C@@H](Cc3ccccc3)[C@H](O)C(=O)C3N[C@H](C(=O)NC(C)(C)C)CS3)O2)c(=O)[nH]c1=O. The number of benzene rings is 1. The minimum absolute atomic E-state index is 0.0764. The van der Waals surface area contributed by atoms with E-state index in [0.717, 1.165) is 5.56 Å². The highest BCUT2D eigenvalue weighted by Crippen LogP contribution is 2.31. The number of azide groups is 1. The molecule has 1 unspecified atom stereocenters. The Morgan fingerprint density at radius 3 is 2.52 bits per heavy atom. The molecule has 1 aromatic carbocycles. The lowest BCUT2D eigenvalue weighted by Gasteiger charge is -2.28. The maximum atomic E-state index is 13.5. The van der Waals surface area contributed by atoms with Gasteiger partial charge in [-0.15, -0.1) is 11.8 Å². The quantitative estimate of drug-likeness (QED) is 0.0801. The minimum Gasteiger partial charge on any atom is -0.462 e. The molecule has 17 nitrogen and oxygen atoms in total. The molecule has 0 aliphatic carbocycles. The van der Waals surface area contributed by atoms with Crippen LogP contribution >= 0.6 is 11.8 Å². The molecule has 0 spiro atoms. The summed E-state index contributed by atoms with van der Waals surface area (Å²) in [6, 6.07) is 6.47. The number of aromatic nitrogens is 2. The van der Waals surface area contributed by atoms with Gasteiger partial charge < -0.3 is 25.2 Å². The molecule has 2 saturated heterocycles. The van der Waals surface area contributed by atoms with Crippen molar-refractivity contribution in [3.05, 3.63) is 78.9 Å². The first kappa shape index (κ1) is 40.3. The van der Waals surface area contributed by atoms with Crippen molar-refractivity contribution in [3.63, 3.8) is 0 Å². The third-order valence-electron chi connectivity index (χ3n) is 8.57. The smallest absolute Gasteiger partial charge is 0.330 e. The summed E-state index contributed by atoms with van der Waals surface area (Å²) in [6.45, 7) is 9.70. The number of aryl methyl sites for hydroxylation is 1. The fraction of sp³-hybridized carbons (Fsp3) is 0.588. The number of nitrogens with zero attached hydrogens (tertiary/aromatic N) is 4. The van der Waals surface area contributed by atoms with Gasteiger partial charge >= 0.3 is 11.7 Å². The average molecular weight is 743 g/mol. The highest BCUT2D eigenvalue weighted by molar-refractivity contribution is 8.00. The fourth-order valence-electron chi connectivity index (χ4n) is 5.82. The van der Waals surface area contributed by atoms with Gasteiger partial charge in [0.2, 0.25) is 11.8 Å². The predicted molar refractivity (Wildman–Crippen MR) is 191 cm³/mol. The van der Waals surface area contributed by atoms with E-state index in [9.17, 15) is 33.9 Å². The van der Waals surface area contributed by atoms with Crippen LogP contribution in [-0.2, 0) is 35.1 Å². The molecule has 0 bridgehead atoms. The van der Waals surface area contributed by atoms with Crippen molar-refractivity contribution < 1.29 is 33.8 Å². The molecule has 2 amide bonds. The summed E-state index contributed by atoms with van der Waals surface area (Å²) in [7, 11) is 0. The molecule has 2 fully saturated rings. The van der Waals surface area contributed by atoms with Crippen LogP contribution in [0.4, 0.5) is 0 Å². The van der Waals surface area contributed by atoms with E-state index in [0.29, 0.717) is 5.75 Å². The molecule has 0 saturated carbocycles. The molecule has 7 atom stereocenters. The molecular formula is C34H46N8O9S. The van der Waals surface area contributed by atoms with Crippen LogP contribution in [0.1, 0.15) is 64.8 Å². The summed E-state index contributed by atoms with van der Waals surface area (Å²) in [5.41, 5.74) is 6.99. The van der Waals surface area contributed by atoms with E-state index in [4.69, 9.17) is 15.0 Å². The van der Waals surface area contributed by atoms with Gasteiger partial charge in [0.1, 0.15) is 30.4 Å². The number of aromatic amines is 1. The van der Waals surface area contributed by atoms with Crippen LogP contribution in [0, 0.1) is 12.3 Å². The number of ketones is 1. The monoisotopic (exact) mass is 742 g/mol. The van der Waals surface area contributed by atoms with Gasteiger partial charge in [-0.25, -0.2) is 4.79 Å². The maximum absolute atomic E-state index is 13.5. The number of carbonyl (C=O) groups is 4. The number of hydrogen-bond donors (Lipinski definition) is 5. The van der Waals surface area contributed by atoms with Crippen molar-refractivity contribution in [2.45, 2.75) is 108 Å². The number of aliphatic hydroxyl groups excluding tert-OH is 1. The number of aliphatic hydroxyl groups is 1. The van der Waals surface area contributed by atoms with Crippen LogP contribution in [0.25, 0.3) is 10.4 Å². The molecule has 18 heteroatoms. The molecule has 282 valence electrons. The molecule has 52 heavy (non-hydrogen) atoms. The Morgan fingerprint density at radius 2 is 1.87 bits per heavy atom. The third kappa shape index (κ3) is 10.5. The summed E-state index contributed by atoms with van der Waals surface area (Å²) >= 11 is 1.19. The van der Waals surface area contributed by atoms with Gasteiger partial charge in [0, 0.05) is 40.8 Å². The van der Waals surface area contributed by atoms with E-state index in [1.165, 1.54) is 43.3 Å². The van der Waals surface area contributed by atoms with Gasteiger partial charge in [-0.05, 0) is 59.1 Å². The zero-order valence-electron chi connectivity index (χ0n) is 30.0. The molecule has 2 aromatic rings. The second-order valence-corrected chi connectivity index (χ2v) is 15.8. The number of H-pyrrole nitrogens is 1. The van der Waals surface area contributed by atoms with Crippen molar-refractivity contribution >= 4 is 35.3 Å². The summed E-state index contributed by atoms with van der Waals surface area (Å²) in [5.74, 6) is -1.94. The van der Waals surface area contributed by atoms with Crippen LogP contribution in [0.5, 0.6) is 0 Å². The zero-order chi connectivity index (χ0) is 38.4. The fourth-order valence-corrected chi connectivity index (χ4v) is 7.01. The Bertz CT molecular complexity index is 1800. The molecule has 5 N–H and O–H groups in total. The molecule has 0 radical (unpaired) electrons. The lowest BCUT2D eigenvalue weighted by Crippen LogP contribution is -2.55. The number of Topliss-reactive ketones (excluding diaryl/α,β-unsaturated/α-hetero) is 1. The van der Waals surface area contributed by atoms with E-state index >= 15 is 0 Å². The van der Waals surface area contributed by atoms with Crippen LogP contribution in [0.15, 0.2) is 51.2 Å². The largest absolute Gasteiger partial charge is 0.462 e. The van der Waals surface area contributed by atoms with Crippen molar-refractivity contribution in [1.29, 1.82) is 0 Å². The Labute approximate surface area is 304 Å². The third-order valence-corrected chi connectivity index (χ3v) is 9.79.